The van der Waals surface area contributed by atoms with Gasteiger partial charge in [-0.1, -0.05) is 60.7 Å². The molecule has 1 unspecified atom stereocenters. The van der Waals surface area contributed by atoms with Crippen molar-refractivity contribution in [3.05, 3.63) is 88.3 Å². The molecule has 0 saturated heterocycles. The number of hydrogen-bond acceptors (Lipinski definition) is 7. The third-order valence-electron chi connectivity index (χ3n) is 5.07. The largest absolute Gasteiger partial charge is 0.481 e. The first-order valence-electron chi connectivity index (χ1n) is 11.9. The highest BCUT2D eigenvalue weighted by atomic mass is 32.1. The maximum Gasteiger partial charge on any atom is 0.408 e. The Hall–Kier alpha value is -4.18. The number of rotatable bonds is 10. The molecule has 9 nitrogen and oxygen atoms in total. The molecule has 3 rings (SSSR count). The van der Waals surface area contributed by atoms with Crippen LogP contribution in [0.1, 0.15) is 47.1 Å². The summed E-state index contributed by atoms with van der Waals surface area (Å²) in [6.07, 6.45) is -0.953. The number of benzene rings is 2. The molecule has 0 fully saturated rings. The van der Waals surface area contributed by atoms with Crippen LogP contribution in [-0.4, -0.2) is 40.7 Å². The van der Waals surface area contributed by atoms with Crippen LogP contribution in [0.15, 0.2) is 66.7 Å². The van der Waals surface area contributed by atoms with E-state index in [1.54, 1.807) is 20.8 Å². The SMILES string of the molecule is CC(C)(C)OC(=O)c1cc(CC(=O)O)sc1NC(=O)C(Cc1ccccc1)NC(=O)OCc1ccccc1. The number of alkyl carbamates (subject to hydrolysis) is 1. The molecule has 3 aromatic rings. The van der Waals surface area contributed by atoms with E-state index in [4.69, 9.17) is 9.47 Å². The summed E-state index contributed by atoms with van der Waals surface area (Å²) < 4.78 is 10.7. The van der Waals surface area contributed by atoms with Gasteiger partial charge in [-0.05, 0) is 38.0 Å². The molecule has 10 heteroatoms. The van der Waals surface area contributed by atoms with Gasteiger partial charge in [0.2, 0.25) is 5.91 Å². The van der Waals surface area contributed by atoms with E-state index in [1.165, 1.54) is 6.07 Å². The summed E-state index contributed by atoms with van der Waals surface area (Å²) in [4.78, 5) is 50.4. The minimum Gasteiger partial charge on any atom is -0.481 e. The van der Waals surface area contributed by atoms with E-state index in [9.17, 15) is 24.3 Å². The zero-order valence-electron chi connectivity index (χ0n) is 21.4. The Balaban J connectivity index is 1.81. The van der Waals surface area contributed by atoms with Crippen molar-refractivity contribution in [3.63, 3.8) is 0 Å². The van der Waals surface area contributed by atoms with Crippen molar-refractivity contribution in [1.29, 1.82) is 0 Å². The molecule has 0 aliphatic carbocycles. The molecule has 200 valence electrons. The maximum atomic E-state index is 13.4. The molecule has 3 N–H and O–H groups in total. The van der Waals surface area contributed by atoms with Crippen LogP contribution in [0.25, 0.3) is 0 Å². The van der Waals surface area contributed by atoms with Gasteiger partial charge in [0.25, 0.3) is 0 Å². The summed E-state index contributed by atoms with van der Waals surface area (Å²) in [5.74, 6) is -2.38. The van der Waals surface area contributed by atoms with Crippen LogP contribution < -0.4 is 10.6 Å². The first kappa shape index (κ1) is 28.4. The fourth-order valence-electron chi connectivity index (χ4n) is 3.42. The fourth-order valence-corrected chi connectivity index (χ4v) is 4.46. The number of carbonyl (C=O) groups excluding carboxylic acids is 3. The molecule has 0 bridgehead atoms. The van der Waals surface area contributed by atoms with E-state index in [1.807, 2.05) is 60.7 Å². The van der Waals surface area contributed by atoms with Gasteiger partial charge in [-0.15, -0.1) is 11.3 Å². The van der Waals surface area contributed by atoms with Gasteiger partial charge in [0.1, 0.15) is 23.3 Å². The maximum absolute atomic E-state index is 13.4. The van der Waals surface area contributed by atoms with Crippen molar-refractivity contribution < 1.29 is 33.8 Å². The Morgan fingerprint density at radius 3 is 2.13 bits per heavy atom. The van der Waals surface area contributed by atoms with Crippen LogP contribution in [-0.2, 0) is 38.5 Å². The van der Waals surface area contributed by atoms with E-state index in [0.29, 0.717) is 4.88 Å². The molecule has 0 radical (unpaired) electrons. The van der Waals surface area contributed by atoms with Crippen LogP contribution in [0, 0.1) is 0 Å². The average Bonchev–Trinajstić information content (AvgIpc) is 3.24. The van der Waals surface area contributed by atoms with Gasteiger partial charge in [0.05, 0.1) is 12.0 Å². The van der Waals surface area contributed by atoms with Crippen molar-refractivity contribution >= 4 is 40.3 Å². The molecule has 2 amide bonds. The number of esters is 1. The number of hydrogen-bond donors (Lipinski definition) is 3. The van der Waals surface area contributed by atoms with E-state index >= 15 is 0 Å². The van der Waals surface area contributed by atoms with Gasteiger partial charge >= 0.3 is 18.0 Å². The Morgan fingerprint density at radius 1 is 0.947 bits per heavy atom. The van der Waals surface area contributed by atoms with Crippen LogP contribution in [0.3, 0.4) is 0 Å². The number of thiophene rings is 1. The number of amides is 2. The third kappa shape index (κ3) is 9.04. The van der Waals surface area contributed by atoms with Crippen molar-refractivity contribution in [3.8, 4) is 0 Å². The van der Waals surface area contributed by atoms with Crippen molar-refractivity contribution in [2.24, 2.45) is 0 Å². The van der Waals surface area contributed by atoms with E-state index in [-0.39, 0.29) is 30.0 Å². The number of aliphatic carboxylic acids is 1. The number of carbonyl (C=O) groups is 4. The second-order valence-corrected chi connectivity index (χ2v) is 10.6. The molecule has 1 atom stereocenters. The van der Waals surface area contributed by atoms with Crippen LogP contribution in [0.2, 0.25) is 0 Å². The molecular weight excluding hydrogens is 508 g/mol. The Kier molecular flexibility index (Phi) is 9.61. The minimum absolute atomic E-state index is 0.0264. The standard InChI is InChI=1S/C28H30N2O7S/c1-28(2,3)37-26(34)21-15-20(16-23(31)32)38-25(21)30-24(33)22(14-18-10-6-4-7-11-18)29-27(35)36-17-19-12-8-5-9-13-19/h4-13,15,22H,14,16-17H2,1-3H3,(H,29,35)(H,30,33)(H,31,32). The van der Waals surface area contributed by atoms with Gasteiger partial charge in [-0.2, -0.15) is 0 Å². The zero-order valence-corrected chi connectivity index (χ0v) is 22.2. The monoisotopic (exact) mass is 538 g/mol. The van der Waals surface area contributed by atoms with E-state index in [0.717, 1.165) is 22.5 Å². The number of nitrogens with one attached hydrogen (secondary N) is 2. The van der Waals surface area contributed by atoms with Crippen LogP contribution in [0.5, 0.6) is 0 Å². The molecule has 2 aromatic carbocycles. The lowest BCUT2D eigenvalue weighted by molar-refractivity contribution is -0.136. The van der Waals surface area contributed by atoms with Crippen molar-refractivity contribution in [2.45, 2.75) is 51.9 Å². The second kappa shape index (κ2) is 12.9. The predicted molar refractivity (Wildman–Crippen MR) is 143 cm³/mol. The lowest BCUT2D eigenvalue weighted by atomic mass is 10.1. The summed E-state index contributed by atoms with van der Waals surface area (Å²) in [6, 6.07) is 18.6. The summed E-state index contributed by atoms with van der Waals surface area (Å²) in [7, 11) is 0. The Bertz CT molecular complexity index is 1270. The second-order valence-electron chi connectivity index (χ2n) is 9.47. The smallest absolute Gasteiger partial charge is 0.408 e. The number of carboxylic acid groups (broad SMARTS) is 1. The molecule has 1 heterocycles. The van der Waals surface area contributed by atoms with Crippen molar-refractivity contribution in [2.75, 3.05) is 5.32 Å². The fraction of sp³-hybridized carbons (Fsp3) is 0.286. The van der Waals surface area contributed by atoms with Crippen molar-refractivity contribution in [1.82, 2.24) is 5.32 Å². The van der Waals surface area contributed by atoms with Gasteiger partial charge < -0.3 is 25.2 Å². The first-order valence-corrected chi connectivity index (χ1v) is 12.7. The Labute approximate surface area is 224 Å². The topological polar surface area (TPSA) is 131 Å². The van der Waals surface area contributed by atoms with E-state index in [2.05, 4.69) is 10.6 Å². The summed E-state index contributed by atoms with van der Waals surface area (Å²) in [6.45, 7) is 5.14. The predicted octanol–water partition coefficient (Wildman–Crippen LogP) is 4.81. The molecule has 0 aliphatic heterocycles. The van der Waals surface area contributed by atoms with Crippen LogP contribution in [0.4, 0.5) is 9.80 Å². The zero-order chi connectivity index (χ0) is 27.7. The molecule has 1 aromatic heterocycles. The third-order valence-corrected chi connectivity index (χ3v) is 6.12. The first-order chi connectivity index (χ1) is 18.0. The number of ether oxygens (including phenoxy) is 2. The highest BCUT2D eigenvalue weighted by molar-refractivity contribution is 7.16. The van der Waals surface area contributed by atoms with Gasteiger partial charge in [-0.25, -0.2) is 9.59 Å². The average molecular weight is 539 g/mol. The molecule has 0 aliphatic rings. The summed E-state index contributed by atoms with van der Waals surface area (Å²) in [5, 5.41) is 14.6. The minimum atomic E-state index is -1.08. The molecule has 0 saturated carbocycles. The normalized spacial score (nSPS) is 11.8. The molecule has 38 heavy (non-hydrogen) atoms. The lowest BCUT2D eigenvalue weighted by Gasteiger charge is -2.20. The van der Waals surface area contributed by atoms with Gasteiger partial charge in [0, 0.05) is 11.3 Å². The van der Waals surface area contributed by atoms with Crippen LogP contribution >= 0.6 is 11.3 Å². The number of carboxylic acids is 1. The highest BCUT2D eigenvalue weighted by Crippen LogP contribution is 2.31. The van der Waals surface area contributed by atoms with E-state index < -0.39 is 35.6 Å². The van der Waals surface area contributed by atoms with Gasteiger partial charge in [-0.3, -0.25) is 9.59 Å². The van der Waals surface area contributed by atoms with Gasteiger partial charge in [0.15, 0.2) is 0 Å². The summed E-state index contributed by atoms with van der Waals surface area (Å²) >= 11 is 0.963. The number of anilines is 1. The molecular formula is C28H30N2O7S. The summed E-state index contributed by atoms with van der Waals surface area (Å²) in [5.41, 5.74) is 0.826. The lowest BCUT2D eigenvalue weighted by Crippen LogP contribution is -2.45. The quantitative estimate of drug-likeness (QED) is 0.316. The Morgan fingerprint density at radius 2 is 1.55 bits per heavy atom. The highest BCUT2D eigenvalue weighted by Gasteiger charge is 2.28. The molecule has 0 spiro atoms.